The second-order valence-electron chi connectivity index (χ2n) is 6.46. The Kier molecular flexibility index (Phi) is 5.39. The van der Waals surface area contributed by atoms with Gasteiger partial charge < -0.3 is 9.52 Å². The molecule has 0 radical (unpaired) electrons. The Bertz CT molecular complexity index is 818. The highest BCUT2D eigenvalue weighted by molar-refractivity contribution is 7.10. The number of thiophene rings is 1. The summed E-state index contributed by atoms with van der Waals surface area (Å²) >= 11 is 1.80. The van der Waals surface area contributed by atoms with Gasteiger partial charge in [-0.25, -0.2) is 0 Å². The molecule has 0 saturated heterocycles. The second kappa shape index (κ2) is 7.51. The zero-order valence-corrected chi connectivity index (χ0v) is 15.4. The maximum Gasteiger partial charge on any atom is 0.134 e. The highest BCUT2D eigenvalue weighted by atomic mass is 32.1. The summed E-state index contributed by atoms with van der Waals surface area (Å²) in [5, 5.41) is 12.6. The van der Waals surface area contributed by atoms with Crippen LogP contribution in [0.3, 0.4) is 0 Å². The molecule has 0 aliphatic heterocycles. The minimum absolute atomic E-state index is 0.220. The Morgan fingerprint density at radius 2 is 1.96 bits per heavy atom. The number of rotatable bonds is 7. The molecule has 0 aliphatic carbocycles. The number of aliphatic hydroxyl groups excluding tert-OH is 1. The van der Waals surface area contributed by atoms with Gasteiger partial charge in [-0.2, -0.15) is 0 Å². The molecule has 0 unspecified atom stereocenters. The molecule has 0 saturated carbocycles. The number of aliphatic hydroxyl groups is 1. The average molecular weight is 343 g/mol. The van der Waals surface area contributed by atoms with Gasteiger partial charge in [0.2, 0.25) is 0 Å². The molecule has 24 heavy (non-hydrogen) atoms. The number of hydrogen-bond acceptors (Lipinski definition) is 4. The monoisotopic (exact) mass is 343 g/mol. The normalized spacial score (nSPS) is 11.7. The largest absolute Gasteiger partial charge is 0.459 e. The van der Waals surface area contributed by atoms with Crippen LogP contribution in [0.2, 0.25) is 0 Å². The first-order chi connectivity index (χ1) is 11.6. The van der Waals surface area contributed by atoms with E-state index in [1.54, 1.807) is 11.3 Å². The van der Waals surface area contributed by atoms with E-state index in [1.165, 1.54) is 27.0 Å². The summed E-state index contributed by atoms with van der Waals surface area (Å²) < 4.78 is 6.11. The lowest BCUT2D eigenvalue weighted by Gasteiger charge is -2.21. The van der Waals surface area contributed by atoms with E-state index < -0.39 is 0 Å². The molecule has 0 amide bonds. The minimum Gasteiger partial charge on any atom is -0.459 e. The van der Waals surface area contributed by atoms with E-state index in [0.29, 0.717) is 0 Å². The first kappa shape index (κ1) is 17.2. The first-order valence-corrected chi connectivity index (χ1v) is 9.31. The average Bonchev–Trinajstić information content (AvgIpc) is 3.10. The number of benzene rings is 1. The molecular formula is C20H25NO2S. The minimum atomic E-state index is 0.220. The summed E-state index contributed by atoms with van der Waals surface area (Å²) in [6, 6.07) is 8.51. The van der Waals surface area contributed by atoms with Crippen molar-refractivity contribution < 1.29 is 9.52 Å². The van der Waals surface area contributed by atoms with E-state index >= 15 is 0 Å². The summed E-state index contributed by atoms with van der Waals surface area (Å²) in [6.45, 7) is 9.17. The predicted octanol–water partition coefficient (Wildman–Crippen LogP) is 4.80. The van der Waals surface area contributed by atoms with Crippen LogP contribution in [0.15, 0.2) is 34.1 Å². The van der Waals surface area contributed by atoms with E-state index in [-0.39, 0.29) is 6.61 Å². The first-order valence-electron chi connectivity index (χ1n) is 8.43. The van der Waals surface area contributed by atoms with Crippen molar-refractivity contribution in [3.8, 4) is 0 Å². The maximum absolute atomic E-state index is 9.21. The summed E-state index contributed by atoms with van der Waals surface area (Å²) in [5.74, 6) is 1.03. The third kappa shape index (κ3) is 3.72. The Hall–Kier alpha value is -1.62. The smallest absolute Gasteiger partial charge is 0.134 e. The Morgan fingerprint density at radius 3 is 2.67 bits per heavy atom. The molecule has 2 aromatic heterocycles. The topological polar surface area (TPSA) is 36.6 Å². The molecule has 1 aromatic carbocycles. The molecule has 0 atom stereocenters. The molecule has 3 aromatic rings. The van der Waals surface area contributed by atoms with Crippen LogP contribution < -0.4 is 0 Å². The molecule has 3 rings (SSSR count). The van der Waals surface area contributed by atoms with Crippen LogP contribution in [0.1, 0.15) is 33.7 Å². The van der Waals surface area contributed by atoms with Gasteiger partial charge in [-0.3, -0.25) is 4.90 Å². The molecule has 4 heteroatoms. The zero-order chi connectivity index (χ0) is 17.1. The summed E-state index contributed by atoms with van der Waals surface area (Å²) in [4.78, 5) is 3.75. The van der Waals surface area contributed by atoms with Gasteiger partial charge in [0, 0.05) is 30.0 Å². The number of hydrogen-bond donors (Lipinski definition) is 1. The van der Waals surface area contributed by atoms with Crippen molar-refractivity contribution in [1.29, 1.82) is 0 Å². The van der Waals surface area contributed by atoms with E-state index in [2.05, 4.69) is 55.3 Å². The third-order valence-electron chi connectivity index (χ3n) is 4.53. The predicted molar refractivity (Wildman–Crippen MR) is 101 cm³/mol. The van der Waals surface area contributed by atoms with Gasteiger partial charge in [0.05, 0.1) is 6.54 Å². The van der Waals surface area contributed by atoms with Crippen molar-refractivity contribution in [2.45, 2.75) is 40.3 Å². The standard InChI is InChI=1S/C20H25NO2S/c1-14-5-6-18-17(11-14)16(3)19(23-18)12-21(8-4-9-22)13-20-15(2)7-10-24-20/h5-7,10-11,22H,4,8-9,12-13H2,1-3H3. The molecule has 3 nitrogen and oxygen atoms in total. The van der Waals surface area contributed by atoms with Crippen molar-refractivity contribution in [2.24, 2.45) is 0 Å². The summed E-state index contributed by atoms with van der Waals surface area (Å²) in [5.41, 5.74) is 4.78. The lowest BCUT2D eigenvalue weighted by atomic mass is 10.1. The molecular weight excluding hydrogens is 318 g/mol. The fraction of sp³-hybridized carbons (Fsp3) is 0.400. The van der Waals surface area contributed by atoms with Gasteiger partial charge in [0.15, 0.2) is 0 Å². The Balaban J connectivity index is 1.84. The van der Waals surface area contributed by atoms with Crippen LogP contribution >= 0.6 is 11.3 Å². The molecule has 0 spiro atoms. The fourth-order valence-electron chi connectivity index (χ4n) is 3.02. The van der Waals surface area contributed by atoms with Crippen molar-refractivity contribution >= 4 is 22.3 Å². The quantitative estimate of drug-likeness (QED) is 0.669. The van der Waals surface area contributed by atoms with Gasteiger partial charge in [0.1, 0.15) is 11.3 Å². The zero-order valence-electron chi connectivity index (χ0n) is 14.6. The SMILES string of the molecule is Cc1ccc2oc(CN(CCCO)Cc3sccc3C)c(C)c2c1. The van der Waals surface area contributed by atoms with E-state index in [4.69, 9.17) is 4.42 Å². The molecule has 1 N–H and O–H groups in total. The van der Waals surface area contributed by atoms with Crippen LogP contribution in [0.25, 0.3) is 11.0 Å². The lowest BCUT2D eigenvalue weighted by molar-refractivity contribution is 0.203. The summed E-state index contributed by atoms with van der Waals surface area (Å²) in [7, 11) is 0. The van der Waals surface area contributed by atoms with Crippen molar-refractivity contribution in [3.63, 3.8) is 0 Å². The molecule has 128 valence electrons. The van der Waals surface area contributed by atoms with Gasteiger partial charge in [-0.1, -0.05) is 11.6 Å². The van der Waals surface area contributed by atoms with Crippen LogP contribution in [0.5, 0.6) is 0 Å². The number of fused-ring (bicyclic) bond motifs is 1. The van der Waals surface area contributed by atoms with E-state index in [1.807, 2.05) is 0 Å². The van der Waals surface area contributed by atoms with E-state index in [0.717, 1.165) is 37.4 Å². The fourth-order valence-corrected chi connectivity index (χ4v) is 3.96. The molecule has 0 aliphatic rings. The molecule has 2 heterocycles. The van der Waals surface area contributed by atoms with Gasteiger partial charge >= 0.3 is 0 Å². The number of aryl methyl sites for hydroxylation is 3. The van der Waals surface area contributed by atoms with Gasteiger partial charge in [0.25, 0.3) is 0 Å². The lowest BCUT2D eigenvalue weighted by Crippen LogP contribution is -2.24. The van der Waals surface area contributed by atoms with Crippen LogP contribution in [-0.2, 0) is 13.1 Å². The summed E-state index contributed by atoms with van der Waals surface area (Å²) in [6.07, 6.45) is 0.781. The second-order valence-corrected chi connectivity index (χ2v) is 7.47. The van der Waals surface area contributed by atoms with Crippen LogP contribution in [0.4, 0.5) is 0 Å². The van der Waals surface area contributed by atoms with Crippen LogP contribution in [0, 0.1) is 20.8 Å². The van der Waals surface area contributed by atoms with E-state index in [9.17, 15) is 5.11 Å². The van der Waals surface area contributed by atoms with Gasteiger partial charge in [-0.15, -0.1) is 11.3 Å². The van der Waals surface area contributed by atoms with Crippen molar-refractivity contribution in [2.75, 3.05) is 13.2 Å². The maximum atomic E-state index is 9.21. The highest BCUT2D eigenvalue weighted by Crippen LogP contribution is 2.28. The Morgan fingerprint density at radius 1 is 1.12 bits per heavy atom. The third-order valence-corrected chi connectivity index (χ3v) is 5.53. The Labute approximate surface area is 147 Å². The van der Waals surface area contributed by atoms with Crippen molar-refractivity contribution in [3.05, 3.63) is 57.0 Å². The van der Waals surface area contributed by atoms with Gasteiger partial charge in [-0.05, 0) is 61.9 Å². The van der Waals surface area contributed by atoms with Crippen molar-refractivity contribution in [1.82, 2.24) is 4.90 Å². The molecule has 0 bridgehead atoms. The highest BCUT2D eigenvalue weighted by Gasteiger charge is 2.16. The number of furan rings is 1. The van der Waals surface area contributed by atoms with Crippen LogP contribution in [-0.4, -0.2) is 23.2 Å². The molecule has 0 fully saturated rings. The number of nitrogens with zero attached hydrogens (tertiary/aromatic N) is 1.